The monoisotopic (exact) mass is 584 g/mol. The number of rotatable bonds is 6. The van der Waals surface area contributed by atoms with E-state index in [1.807, 2.05) is 48.5 Å². The summed E-state index contributed by atoms with van der Waals surface area (Å²) in [6, 6.07) is 23.1. The highest BCUT2D eigenvalue weighted by Gasteiger charge is 2.66. The number of amides is 2. The molecule has 6 rings (SSSR count). The Balaban J connectivity index is 1.62. The molecule has 0 aromatic heterocycles. The number of imide groups is 1. The summed E-state index contributed by atoms with van der Waals surface area (Å²) in [7, 11) is 1.58. The van der Waals surface area contributed by atoms with E-state index in [2.05, 4.69) is 12.0 Å². The van der Waals surface area contributed by atoms with Gasteiger partial charge in [-0.1, -0.05) is 84.4 Å². The number of carbonyl (C=O) groups is 2. The van der Waals surface area contributed by atoms with Gasteiger partial charge in [0.05, 0.1) is 29.2 Å². The molecule has 41 heavy (non-hydrogen) atoms. The second kappa shape index (κ2) is 10.3. The predicted octanol–water partition coefficient (Wildman–Crippen LogP) is 7.41. The third kappa shape index (κ3) is 4.09. The van der Waals surface area contributed by atoms with Crippen molar-refractivity contribution in [3.63, 3.8) is 0 Å². The number of nitrogens with zero attached hydrogens (tertiary/aromatic N) is 1. The zero-order chi connectivity index (χ0) is 28.9. The first kappa shape index (κ1) is 26.9. The summed E-state index contributed by atoms with van der Waals surface area (Å²) in [5.41, 5.74) is 4.32. The number of hydrogen-bond acceptors (Lipinski definition) is 5. The molecule has 0 radical (unpaired) electrons. The Morgan fingerprint density at radius 1 is 1.02 bits per heavy atom. The Kier molecular flexibility index (Phi) is 6.76. The normalized spacial score (nSPS) is 21.9. The Morgan fingerprint density at radius 2 is 1.76 bits per heavy atom. The Bertz CT molecular complexity index is 1750. The number of halogens is 2. The smallest absolute Gasteiger partial charge is 0.260 e. The summed E-state index contributed by atoms with van der Waals surface area (Å²) in [6.07, 6.45) is 4.06. The van der Waals surface area contributed by atoms with Gasteiger partial charge < -0.3 is 9.84 Å². The van der Waals surface area contributed by atoms with Crippen LogP contribution >= 0.6 is 23.2 Å². The van der Waals surface area contributed by atoms with Crippen LogP contribution in [0.15, 0.2) is 103 Å². The molecule has 0 spiro atoms. The topological polar surface area (TPSA) is 78.9 Å². The van der Waals surface area contributed by atoms with Gasteiger partial charge in [0.15, 0.2) is 0 Å². The molecule has 1 heterocycles. The maximum atomic E-state index is 14.9. The second-order valence-electron chi connectivity index (χ2n) is 10.2. The van der Waals surface area contributed by atoms with Crippen LogP contribution in [0.3, 0.4) is 0 Å². The van der Waals surface area contributed by atoms with Gasteiger partial charge in [-0.15, -0.1) is 0 Å². The van der Waals surface area contributed by atoms with Crippen LogP contribution in [0.2, 0.25) is 10.0 Å². The third-order valence-corrected chi connectivity index (χ3v) is 8.76. The largest absolute Gasteiger partial charge is 0.507 e. The fraction of sp³-hybridized carbons (Fsp3) is 0.152. The number of ether oxygens (including phenoxy) is 1. The number of phenols is 1. The molecule has 6 nitrogen and oxygen atoms in total. The number of benzene rings is 4. The number of hydrazine groups is 1. The van der Waals surface area contributed by atoms with E-state index >= 15 is 0 Å². The minimum atomic E-state index is -1.34. The lowest BCUT2D eigenvalue weighted by Gasteiger charge is -2.43. The molecule has 0 bridgehead atoms. The van der Waals surface area contributed by atoms with E-state index in [9.17, 15) is 14.7 Å². The first-order valence-corrected chi connectivity index (χ1v) is 13.8. The summed E-state index contributed by atoms with van der Waals surface area (Å²) < 4.78 is 5.41. The fourth-order valence-electron chi connectivity index (χ4n) is 6.38. The molecule has 1 aliphatic heterocycles. The first-order valence-electron chi connectivity index (χ1n) is 13.1. The molecule has 2 N–H and O–H groups in total. The number of allylic oxidation sites excluding steroid dienone is 3. The van der Waals surface area contributed by atoms with E-state index in [1.165, 1.54) is 0 Å². The lowest BCUT2D eigenvalue weighted by Crippen LogP contribution is -2.48. The Morgan fingerprint density at radius 3 is 2.44 bits per heavy atom. The predicted molar refractivity (Wildman–Crippen MR) is 161 cm³/mol. The minimum absolute atomic E-state index is 0.133. The van der Waals surface area contributed by atoms with E-state index in [0.29, 0.717) is 33.8 Å². The van der Waals surface area contributed by atoms with Gasteiger partial charge in [-0.25, -0.2) is 0 Å². The summed E-state index contributed by atoms with van der Waals surface area (Å²) in [5.74, 6) is -1.36. The van der Waals surface area contributed by atoms with Crippen LogP contribution in [0.4, 0.5) is 5.69 Å². The highest BCUT2D eigenvalue weighted by atomic mass is 35.5. The van der Waals surface area contributed by atoms with E-state index < -0.39 is 23.2 Å². The van der Waals surface area contributed by atoms with E-state index in [4.69, 9.17) is 27.9 Å². The minimum Gasteiger partial charge on any atom is -0.507 e. The van der Waals surface area contributed by atoms with Crippen molar-refractivity contribution in [3.05, 3.63) is 124 Å². The second-order valence-corrected chi connectivity index (χ2v) is 11.0. The van der Waals surface area contributed by atoms with Gasteiger partial charge in [-0.05, 0) is 64.9 Å². The standard InChI is InChI=1S/C33H26Cl2N2O4/c1-3-19-8-15-26-31(39)37(36-28-16-11-21(34)18-27(28)35)32(40)33(26,20-9-12-22(41-2)13-10-20)30(19)25-14-17-29(38)24-7-5-4-6-23(24)25/h3-14,16-18,26,30,36,38H,1,15H2,2H3. The van der Waals surface area contributed by atoms with Gasteiger partial charge in [0.1, 0.15) is 11.5 Å². The number of anilines is 1. The first-order chi connectivity index (χ1) is 19.8. The van der Waals surface area contributed by atoms with Crippen LogP contribution in [-0.2, 0) is 15.0 Å². The van der Waals surface area contributed by atoms with Crippen molar-refractivity contribution < 1.29 is 19.4 Å². The molecule has 4 aromatic carbocycles. The van der Waals surface area contributed by atoms with Crippen molar-refractivity contribution in [1.29, 1.82) is 0 Å². The maximum absolute atomic E-state index is 14.9. The number of fused-ring (bicyclic) bond motifs is 2. The van der Waals surface area contributed by atoms with Gasteiger partial charge in [0, 0.05) is 16.3 Å². The van der Waals surface area contributed by atoms with Gasteiger partial charge in [0.2, 0.25) is 0 Å². The molecule has 1 aliphatic carbocycles. The number of carbonyl (C=O) groups excluding carboxylic acids is 2. The van der Waals surface area contributed by atoms with Crippen LogP contribution in [0, 0.1) is 5.92 Å². The van der Waals surface area contributed by atoms with Crippen LogP contribution in [-0.4, -0.2) is 29.0 Å². The number of hydrogen-bond donors (Lipinski definition) is 2. The molecule has 3 unspecified atom stereocenters. The highest BCUT2D eigenvalue weighted by Crippen LogP contribution is 2.58. The Labute approximate surface area is 247 Å². The van der Waals surface area contributed by atoms with Crippen LogP contribution < -0.4 is 10.2 Å². The van der Waals surface area contributed by atoms with Crippen molar-refractivity contribution in [2.45, 2.75) is 17.8 Å². The molecular weight excluding hydrogens is 559 g/mol. The Hall–Kier alpha value is -4.26. The zero-order valence-corrected chi connectivity index (χ0v) is 23.6. The third-order valence-electron chi connectivity index (χ3n) is 8.22. The highest BCUT2D eigenvalue weighted by molar-refractivity contribution is 6.36. The molecule has 4 aromatic rings. The molecular formula is C33H26Cl2N2O4. The van der Waals surface area contributed by atoms with Gasteiger partial charge in [-0.3, -0.25) is 15.0 Å². The van der Waals surface area contributed by atoms with E-state index in [0.717, 1.165) is 21.5 Å². The quantitative estimate of drug-likeness (QED) is 0.231. The molecule has 1 fully saturated rings. The lowest BCUT2D eigenvalue weighted by molar-refractivity contribution is -0.138. The molecule has 2 aliphatic rings. The van der Waals surface area contributed by atoms with Crippen LogP contribution in [0.1, 0.15) is 23.5 Å². The molecule has 1 saturated heterocycles. The molecule has 206 valence electrons. The van der Waals surface area contributed by atoms with Crippen LogP contribution in [0.25, 0.3) is 10.8 Å². The van der Waals surface area contributed by atoms with E-state index in [-0.39, 0.29) is 16.7 Å². The van der Waals surface area contributed by atoms with Crippen molar-refractivity contribution >= 4 is 51.5 Å². The van der Waals surface area contributed by atoms with Crippen LogP contribution in [0.5, 0.6) is 11.5 Å². The zero-order valence-electron chi connectivity index (χ0n) is 22.1. The number of nitrogens with one attached hydrogen (secondary N) is 1. The average Bonchev–Trinajstić information content (AvgIpc) is 3.20. The summed E-state index contributed by atoms with van der Waals surface area (Å²) in [6.45, 7) is 4.08. The van der Waals surface area contributed by atoms with Crippen molar-refractivity contribution in [3.8, 4) is 11.5 Å². The lowest BCUT2D eigenvalue weighted by atomic mass is 9.55. The molecule has 8 heteroatoms. The fourth-order valence-corrected chi connectivity index (χ4v) is 6.83. The van der Waals surface area contributed by atoms with Crippen molar-refractivity contribution in [1.82, 2.24) is 5.01 Å². The number of methoxy groups -OCH3 is 1. The number of phenolic OH excluding ortho intramolecular Hbond substituents is 1. The van der Waals surface area contributed by atoms with Gasteiger partial charge in [-0.2, -0.15) is 5.01 Å². The molecule has 0 saturated carbocycles. The summed E-state index contributed by atoms with van der Waals surface area (Å²) in [4.78, 5) is 29.1. The molecule has 3 atom stereocenters. The van der Waals surface area contributed by atoms with E-state index in [1.54, 1.807) is 49.6 Å². The van der Waals surface area contributed by atoms with Gasteiger partial charge in [0.25, 0.3) is 11.8 Å². The molecule has 2 amide bonds. The van der Waals surface area contributed by atoms with Crippen molar-refractivity contribution in [2.24, 2.45) is 5.92 Å². The van der Waals surface area contributed by atoms with Crippen molar-refractivity contribution in [2.75, 3.05) is 12.5 Å². The SMILES string of the molecule is C=CC1=CCC2C(=O)N(Nc3ccc(Cl)cc3Cl)C(=O)C2(c2ccc(OC)cc2)C1c1ccc(O)c2ccccc12. The summed E-state index contributed by atoms with van der Waals surface area (Å²) >= 11 is 12.5. The average molecular weight is 585 g/mol. The maximum Gasteiger partial charge on any atom is 0.260 e. The summed E-state index contributed by atoms with van der Waals surface area (Å²) in [5, 5.41) is 13.9. The van der Waals surface area contributed by atoms with Gasteiger partial charge >= 0.3 is 0 Å². The number of aromatic hydroxyl groups is 1.